The highest BCUT2D eigenvalue weighted by atomic mass is 16.5. The van der Waals surface area contributed by atoms with Gasteiger partial charge in [-0.1, -0.05) is 24.3 Å². The van der Waals surface area contributed by atoms with Crippen LogP contribution in [-0.4, -0.2) is 46.8 Å². The Hall–Kier alpha value is -4.27. The zero-order valence-corrected chi connectivity index (χ0v) is 19.5. The summed E-state index contributed by atoms with van der Waals surface area (Å²) >= 11 is 0. The number of ketones is 2. The molecule has 2 fully saturated rings. The number of benzene rings is 2. The highest BCUT2D eigenvalue weighted by molar-refractivity contribution is 6.22. The Morgan fingerprint density at radius 3 is 2.44 bits per heavy atom. The molecule has 9 nitrogen and oxygen atoms in total. The lowest BCUT2D eigenvalue weighted by molar-refractivity contribution is -0.137. The first-order chi connectivity index (χ1) is 17.4. The minimum absolute atomic E-state index is 0.0925. The first kappa shape index (κ1) is 23.5. The largest absolute Gasteiger partial charge is 0.493 e. The summed E-state index contributed by atoms with van der Waals surface area (Å²) in [4.78, 5) is 63.7. The average Bonchev–Trinajstić information content (AvgIpc) is 3.20. The molecule has 2 aromatic carbocycles. The van der Waals surface area contributed by atoms with Crippen molar-refractivity contribution < 1.29 is 28.7 Å². The maximum absolute atomic E-state index is 13.0. The van der Waals surface area contributed by atoms with Gasteiger partial charge in [-0.15, -0.1) is 0 Å². The Morgan fingerprint density at radius 2 is 1.72 bits per heavy atom. The fourth-order valence-electron chi connectivity index (χ4n) is 4.85. The van der Waals surface area contributed by atoms with Gasteiger partial charge in [-0.25, -0.2) is 0 Å². The fraction of sp³-hybridized carbons (Fsp3) is 0.296. The van der Waals surface area contributed by atoms with Gasteiger partial charge in [0, 0.05) is 54.7 Å². The molecule has 1 saturated carbocycles. The van der Waals surface area contributed by atoms with Crippen LogP contribution < -0.4 is 15.4 Å². The molecule has 1 saturated heterocycles. The number of carbonyl (C=O) groups excluding carboxylic acids is 5. The number of para-hydroxylation sites is 1. The number of nitrogens with zero attached hydrogens (tertiary/aromatic N) is 1. The number of Topliss-reactive ketones (excluding diaryl/α,β-unsaturated/α-hetero) is 2. The zero-order valence-electron chi connectivity index (χ0n) is 19.5. The molecule has 2 aromatic rings. The monoisotopic (exact) mass is 487 g/mol. The molecule has 1 atom stereocenters. The maximum atomic E-state index is 13.0. The minimum atomic E-state index is -0.717. The molecule has 2 aliphatic heterocycles. The van der Waals surface area contributed by atoms with Gasteiger partial charge in [0.05, 0.1) is 12.2 Å². The van der Waals surface area contributed by atoms with Gasteiger partial charge in [-0.2, -0.15) is 0 Å². The van der Waals surface area contributed by atoms with Crippen LogP contribution >= 0.6 is 0 Å². The number of anilines is 1. The van der Waals surface area contributed by atoms with Crippen LogP contribution in [0.1, 0.15) is 41.6 Å². The molecular formula is C27H25N3O6. The van der Waals surface area contributed by atoms with E-state index in [-0.39, 0.29) is 73.7 Å². The standard InChI is InChI=1S/C27H25N3O6/c31-23-11-16(15-36-17-5-2-1-3-6-17)12-24(32)19(23)13-28-21-8-4-7-18-20(21)14-30(27(18)35)22-9-10-25(33)29-26(22)34/h1-8,13,16,22,28H,9-12,14-15H2,(H,29,33,34). The molecule has 1 aliphatic carbocycles. The second-order valence-corrected chi connectivity index (χ2v) is 9.18. The van der Waals surface area contributed by atoms with Crippen molar-refractivity contribution in [3.05, 3.63) is 71.4 Å². The van der Waals surface area contributed by atoms with Gasteiger partial charge < -0.3 is 15.0 Å². The predicted molar refractivity (Wildman–Crippen MR) is 129 cm³/mol. The van der Waals surface area contributed by atoms with Gasteiger partial charge in [0.25, 0.3) is 5.91 Å². The number of ether oxygens (including phenoxy) is 1. The topological polar surface area (TPSA) is 122 Å². The van der Waals surface area contributed by atoms with E-state index in [0.29, 0.717) is 22.6 Å². The quantitative estimate of drug-likeness (QED) is 0.364. The smallest absolute Gasteiger partial charge is 0.255 e. The van der Waals surface area contributed by atoms with E-state index < -0.39 is 11.9 Å². The normalized spacial score (nSPS) is 21.8. The summed E-state index contributed by atoms with van der Waals surface area (Å²) in [5, 5.41) is 5.33. The Kier molecular flexibility index (Phi) is 6.37. The first-order valence-corrected chi connectivity index (χ1v) is 11.9. The van der Waals surface area contributed by atoms with Crippen molar-refractivity contribution >= 4 is 35.0 Å². The summed E-state index contributed by atoms with van der Waals surface area (Å²) in [7, 11) is 0. The van der Waals surface area contributed by atoms with Crippen LogP contribution in [0.25, 0.3) is 0 Å². The molecule has 1 unspecified atom stereocenters. The first-order valence-electron chi connectivity index (χ1n) is 11.9. The third-order valence-electron chi connectivity index (χ3n) is 6.73. The number of piperidine rings is 1. The summed E-state index contributed by atoms with van der Waals surface area (Å²) in [6.45, 7) is 0.472. The predicted octanol–water partition coefficient (Wildman–Crippen LogP) is 2.37. The SMILES string of the molecule is O=C1CCC(N2Cc3c(NC=C4C(=O)CC(COc5ccccc5)CC4=O)cccc3C2=O)C(=O)N1. The lowest BCUT2D eigenvalue weighted by atomic mass is 9.84. The number of rotatable bonds is 6. The lowest BCUT2D eigenvalue weighted by Crippen LogP contribution is -2.52. The Labute approximate surface area is 207 Å². The van der Waals surface area contributed by atoms with Gasteiger partial charge in [0.15, 0.2) is 11.6 Å². The van der Waals surface area contributed by atoms with E-state index >= 15 is 0 Å². The minimum Gasteiger partial charge on any atom is -0.493 e. The Bertz CT molecular complexity index is 1270. The number of nitrogens with one attached hydrogen (secondary N) is 2. The van der Waals surface area contributed by atoms with Crippen LogP contribution in [0, 0.1) is 5.92 Å². The van der Waals surface area contributed by atoms with Gasteiger partial charge in [0.1, 0.15) is 11.8 Å². The molecule has 0 spiro atoms. The van der Waals surface area contributed by atoms with Crippen LogP contribution in [-0.2, 0) is 25.7 Å². The van der Waals surface area contributed by atoms with Crippen molar-refractivity contribution in [1.82, 2.24) is 10.2 Å². The molecule has 184 valence electrons. The van der Waals surface area contributed by atoms with Gasteiger partial charge in [-0.05, 0) is 30.7 Å². The van der Waals surface area contributed by atoms with Crippen LogP contribution in [0.3, 0.4) is 0 Å². The average molecular weight is 488 g/mol. The maximum Gasteiger partial charge on any atom is 0.255 e. The van der Waals surface area contributed by atoms with Gasteiger partial charge >= 0.3 is 0 Å². The summed E-state index contributed by atoms with van der Waals surface area (Å²) in [6, 6.07) is 13.7. The molecule has 0 radical (unpaired) electrons. The molecule has 0 bridgehead atoms. The van der Waals surface area contributed by atoms with E-state index in [9.17, 15) is 24.0 Å². The second-order valence-electron chi connectivity index (χ2n) is 9.18. The van der Waals surface area contributed by atoms with Crippen LogP contribution in [0.5, 0.6) is 5.75 Å². The molecular weight excluding hydrogens is 462 g/mol. The van der Waals surface area contributed by atoms with Crippen molar-refractivity contribution in [3.8, 4) is 5.75 Å². The molecule has 36 heavy (non-hydrogen) atoms. The molecule has 2 N–H and O–H groups in total. The molecule has 2 heterocycles. The highest BCUT2D eigenvalue weighted by Crippen LogP contribution is 2.33. The summed E-state index contributed by atoms with van der Waals surface area (Å²) < 4.78 is 5.72. The number of fused-ring (bicyclic) bond motifs is 1. The fourth-order valence-corrected chi connectivity index (χ4v) is 4.85. The number of imide groups is 1. The van der Waals surface area contributed by atoms with E-state index in [2.05, 4.69) is 10.6 Å². The van der Waals surface area contributed by atoms with E-state index in [1.165, 1.54) is 11.1 Å². The van der Waals surface area contributed by atoms with Crippen molar-refractivity contribution in [2.45, 2.75) is 38.3 Å². The van der Waals surface area contributed by atoms with Crippen molar-refractivity contribution in [2.75, 3.05) is 11.9 Å². The lowest BCUT2D eigenvalue weighted by Gasteiger charge is -2.29. The van der Waals surface area contributed by atoms with Crippen molar-refractivity contribution in [2.24, 2.45) is 5.92 Å². The van der Waals surface area contributed by atoms with Gasteiger partial charge in [0.2, 0.25) is 11.8 Å². The van der Waals surface area contributed by atoms with E-state index in [0.717, 1.165) is 0 Å². The summed E-state index contributed by atoms with van der Waals surface area (Å²) in [5.74, 6) is -1.12. The molecule has 3 amide bonds. The number of allylic oxidation sites excluding steroid dienone is 1. The van der Waals surface area contributed by atoms with Crippen molar-refractivity contribution in [1.29, 1.82) is 0 Å². The van der Waals surface area contributed by atoms with E-state index in [1.54, 1.807) is 18.2 Å². The summed E-state index contributed by atoms with van der Waals surface area (Å²) in [6.07, 6.45) is 2.28. The Morgan fingerprint density at radius 1 is 0.972 bits per heavy atom. The van der Waals surface area contributed by atoms with Crippen molar-refractivity contribution in [3.63, 3.8) is 0 Å². The van der Waals surface area contributed by atoms with Crippen LogP contribution in [0.4, 0.5) is 5.69 Å². The second kappa shape index (κ2) is 9.77. The van der Waals surface area contributed by atoms with E-state index in [1.807, 2.05) is 30.3 Å². The van der Waals surface area contributed by atoms with Crippen LogP contribution in [0.2, 0.25) is 0 Å². The molecule has 9 heteroatoms. The highest BCUT2D eigenvalue weighted by Gasteiger charge is 2.40. The van der Waals surface area contributed by atoms with Crippen LogP contribution in [0.15, 0.2) is 60.3 Å². The number of hydrogen-bond acceptors (Lipinski definition) is 7. The summed E-state index contributed by atoms with van der Waals surface area (Å²) in [5.41, 5.74) is 1.80. The van der Waals surface area contributed by atoms with Gasteiger partial charge in [-0.3, -0.25) is 29.3 Å². The molecule has 5 rings (SSSR count). The number of carbonyl (C=O) groups is 5. The Balaban J connectivity index is 1.26. The number of hydrogen-bond donors (Lipinski definition) is 2. The number of amides is 3. The third-order valence-corrected chi connectivity index (χ3v) is 6.73. The molecule has 3 aliphatic rings. The molecule has 0 aromatic heterocycles. The third kappa shape index (κ3) is 4.64. The zero-order chi connectivity index (χ0) is 25.2. The van der Waals surface area contributed by atoms with E-state index in [4.69, 9.17) is 4.74 Å².